The van der Waals surface area contributed by atoms with E-state index in [2.05, 4.69) is 12.2 Å². The Morgan fingerprint density at radius 2 is 2.24 bits per heavy atom. The molecule has 0 amide bonds. The van der Waals surface area contributed by atoms with Gasteiger partial charge in [0.05, 0.1) is 0 Å². The van der Waals surface area contributed by atoms with E-state index in [1.54, 1.807) is 6.07 Å². The highest BCUT2D eigenvalue weighted by Gasteiger charge is 2.26. The van der Waals surface area contributed by atoms with E-state index in [0.717, 1.165) is 17.9 Å². The van der Waals surface area contributed by atoms with E-state index in [0.29, 0.717) is 17.0 Å². The molecule has 2 rings (SSSR count). The van der Waals surface area contributed by atoms with Crippen LogP contribution in [0.4, 0.5) is 15.8 Å². The van der Waals surface area contributed by atoms with Gasteiger partial charge in [0.2, 0.25) is 0 Å². The lowest BCUT2D eigenvalue weighted by Gasteiger charge is -2.21. The molecule has 94 valence electrons. The van der Waals surface area contributed by atoms with Crippen molar-refractivity contribution in [3.63, 3.8) is 0 Å². The summed E-state index contributed by atoms with van der Waals surface area (Å²) in [4.78, 5) is 0. The molecule has 0 heterocycles. The van der Waals surface area contributed by atoms with E-state index >= 15 is 0 Å². The van der Waals surface area contributed by atoms with Crippen molar-refractivity contribution in [2.45, 2.75) is 37.5 Å². The number of halogens is 1. The van der Waals surface area contributed by atoms with Crippen LogP contribution in [0.1, 0.15) is 26.2 Å². The summed E-state index contributed by atoms with van der Waals surface area (Å²) in [5.41, 5.74) is 6.92. The fourth-order valence-electron chi connectivity index (χ4n) is 2.41. The van der Waals surface area contributed by atoms with Crippen LogP contribution in [0, 0.1) is 5.82 Å². The van der Waals surface area contributed by atoms with Crippen molar-refractivity contribution in [2.24, 2.45) is 0 Å². The molecule has 2 unspecified atom stereocenters. The fourth-order valence-corrected chi connectivity index (χ4v) is 3.61. The van der Waals surface area contributed by atoms with Crippen molar-refractivity contribution in [3.05, 3.63) is 24.0 Å². The topological polar surface area (TPSA) is 38.0 Å². The highest BCUT2D eigenvalue weighted by Crippen LogP contribution is 2.32. The summed E-state index contributed by atoms with van der Waals surface area (Å²) in [7, 11) is 0. The highest BCUT2D eigenvalue weighted by atomic mass is 32.2. The van der Waals surface area contributed by atoms with Gasteiger partial charge in [-0.3, -0.25) is 0 Å². The van der Waals surface area contributed by atoms with Gasteiger partial charge in [0.25, 0.3) is 0 Å². The number of anilines is 2. The first-order valence-electron chi connectivity index (χ1n) is 6.13. The molecule has 2 atom stereocenters. The molecule has 17 heavy (non-hydrogen) atoms. The van der Waals surface area contributed by atoms with Gasteiger partial charge in [-0.2, -0.15) is 11.8 Å². The SMILES string of the molecule is CCSC1CCCC1Nc1cc(N)cc(F)c1. The average Bonchev–Trinajstić information content (AvgIpc) is 2.65. The summed E-state index contributed by atoms with van der Waals surface area (Å²) in [6.45, 7) is 2.18. The maximum absolute atomic E-state index is 13.2. The molecule has 0 radical (unpaired) electrons. The van der Waals surface area contributed by atoms with Crippen molar-refractivity contribution in [1.29, 1.82) is 0 Å². The number of hydrogen-bond acceptors (Lipinski definition) is 3. The zero-order chi connectivity index (χ0) is 12.3. The molecular weight excluding hydrogens is 235 g/mol. The molecule has 0 aromatic heterocycles. The lowest BCUT2D eigenvalue weighted by Crippen LogP contribution is -2.26. The second-order valence-corrected chi connectivity index (χ2v) is 5.96. The van der Waals surface area contributed by atoms with Crippen molar-refractivity contribution < 1.29 is 4.39 Å². The number of benzene rings is 1. The minimum absolute atomic E-state index is 0.273. The quantitative estimate of drug-likeness (QED) is 0.808. The van der Waals surface area contributed by atoms with E-state index in [-0.39, 0.29) is 5.82 Å². The summed E-state index contributed by atoms with van der Waals surface area (Å²) >= 11 is 1.99. The van der Waals surface area contributed by atoms with E-state index in [4.69, 9.17) is 5.73 Å². The Hall–Kier alpha value is -0.900. The third-order valence-corrected chi connectivity index (χ3v) is 4.43. The predicted octanol–water partition coefficient (Wildman–Crippen LogP) is 3.49. The van der Waals surface area contributed by atoms with Crippen LogP contribution >= 0.6 is 11.8 Å². The fraction of sp³-hybridized carbons (Fsp3) is 0.538. The largest absolute Gasteiger partial charge is 0.399 e. The molecule has 2 nitrogen and oxygen atoms in total. The van der Waals surface area contributed by atoms with Gasteiger partial charge < -0.3 is 11.1 Å². The average molecular weight is 254 g/mol. The first-order chi connectivity index (χ1) is 8.19. The van der Waals surface area contributed by atoms with Crippen molar-refractivity contribution in [1.82, 2.24) is 0 Å². The van der Waals surface area contributed by atoms with Crippen LogP contribution in [0.5, 0.6) is 0 Å². The predicted molar refractivity (Wildman–Crippen MR) is 74.0 cm³/mol. The van der Waals surface area contributed by atoms with Gasteiger partial charge in [0.15, 0.2) is 0 Å². The molecule has 0 saturated heterocycles. The third-order valence-electron chi connectivity index (χ3n) is 3.11. The zero-order valence-electron chi connectivity index (χ0n) is 10.1. The highest BCUT2D eigenvalue weighted by molar-refractivity contribution is 7.99. The number of nitrogen functional groups attached to an aromatic ring is 1. The van der Waals surface area contributed by atoms with Gasteiger partial charge in [-0.1, -0.05) is 13.3 Å². The Bertz CT molecular complexity index is 363. The molecule has 1 aromatic rings. The van der Waals surface area contributed by atoms with Gasteiger partial charge in [0.1, 0.15) is 5.82 Å². The molecule has 0 spiro atoms. The summed E-state index contributed by atoms with van der Waals surface area (Å²) in [6, 6.07) is 5.11. The van der Waals surface area contributed by atoms with Gasteiger partial charge in [0, 0.05) is 22.7 Å². The van der Waals surface area contributed by atoms with Crippen LogP contribution in [0.15, 0.2) is 18.2 Å². The van der Waals surface area contributed by atoms with Crippen LogP contribution in [-0.2, 0) is 0 Å². The standard InChI is InChI=1S/C13H19FN2S/c1-2-17-13-5-3-4-12(13)16-11-7-9(14)6-10(15)8-11/h6-8,12-13,16H,2-5,15H2,1H3. The Morgan fingerprint density at radius 1 is 1.41 bits per heavy atom. The van der Waals surface area contributed by atoms with E-state index in [1.807, 2.05) is 11.8 Å². The molecule has 1 saturated carbocycles. The lowest BCUT2D eigenvalue weighted by molar-refractivity contribution is 0.628. The Morgan fingerprint density at radius 3 is 2.94 bits per heavy atom. The van der Waals surface area contributed by atoms with Gasteiger partial charge in [-0.25, -0.2) is 4.39 Å². The van der Waals surface area contributed by atoms with Crippen LogP contribution in [0.2, 0.25) is 0 Å². The van der Waals surface area contributed by atoms with Crippen molar-refractivity contribution in [2.75, 3.05) is 16.8 Å². The first-order valence-corrected chi connectivity index (χ1v) is 7.18. The Labute approximate surface area is 106 Å². The maximum Gasteiger partial charge on any atom is 0.127 e. The normalized spacial score (nSPS) is 23.9. The monoisotopic (exact) mass is 254 g/mol. The minimum Gasteiger partial charge on any atom is -0.399 e. The van der Waals surface area contributed by atoms with Crippen molar-refractivity contribution >= 4 is 23.1 Å². The smallest absolute Gasteiger partial charge is 0.127 e. The summed E-state index contributed by atoms with van der Waals surface area (Å²) in [6.07, 6.45) is 3.66. The molecule has 1 aliphatic carbocycles. The van der Waals surface area contributed by atoms with Crippen LogP contribution in [-0.4, -0.2) is 17.0 Å². The number of thioether (sulfide) groups is 1. The Kier molecular flexibility index (Phi) is 4.15. The summed E-state index contributed by atoms with van der Waals surface area (Å²) in [5, 5.41) is 4.06. The van der Waals surface area contributed by atoms with Crippen LogP contribution < -0.4 is 11.1 Å². The van der Waals surface area contributed by atoms with Crippen molar-refractivity contribution in [3.8, 4) is 0 Å². The molecule has 1 aromatic carbocycles. The molecule has 0 aliphatic heterocycles. The lowest BCUT2D eigenvalue weighted by atomic mass is 10.2. The molecule has 0 bridgehead atoms. The third kappa shape index (κ3) is 3.28. The summed E-state index contributed by atoms with van der Waals surface area (Å²) < 4.78 is 13.2. The first kappa shape index (κ1) is 12.6. The minimum atomic E-state index is -0.273. The van der Waals surface area contributed by atoms with Crippen LogP contribution in [0.25, 0.3) is 0 Å². The maximum atomic E-state index is 13.2. The van der Waals surface area contributed by atoms with Gasteiger partial charge in [-0.15, -0.1) is 0 Å². The van der Waals surface area contributed by atoms with E-state index < -0.39 is 0 Å². The molecular formula is C13H19FN2S. The molecule has 1 fully saturated rings. The summed E-state index contributed by atoms with van der Waals surface area (Å²) in [5.74, 6) is 0.860. The number of hydrogen-bond donors (Lipinski definition) is 2. The second-order valence-electron chi connectivity index (χ2n) is 4.45. The van der Waals surface area contributed by atoms with Gasteiger partial charge >= 0.3 is 0 Å². The molecule has 1 aliphatic rings. The Balaban J connectivity index is 2.04. The van der Waals surface area contributed by atoms with E-state index in [1.165, 1.54) is 25.0 Å². The van der Waals surface area contributed by atoms with E-state index in [9.17, 15) is 4.39 Å². The second kappa shape index (κ2) is 5.63. The number of nitrogens with one attached hydrogen (secondary N) is 1. The van der Waals surface area contributed by atoms with Crippen LogP contribution in [0.3, 0.4) is 0 Å². The number of nitrogens with two attached hydrogens (primary N) is 1. The van der Waals surface area contributed by atoms with Gasteiger partial charge in [-0.05, 0) is 36.8 Å². The molecule has 3 N–H and O–H groups in total. The zero-order valence-corrected chi connectivity index (χ0v) is 10.9. The molecule has 4 heteroatoms. The number of rotatable bonds is 4.